The summed E-state index contributed by atoms with van der Waals surface area (Å²) >= 11 is 0. The van der Waals surface area contributed by atoms with Crippen molar-refractivity contribution in [2.45, 2.75) is 38.8 Å². The number of carbonyl (C=O) groups excluding carboxylic acids is 2. The number of unbranched alkanes of at least 4 members (excludes halogenated alkanes) is 1. The molecule has 6 nitrogen and oxygen atoms in total. The van der Waals surface area contributed by atoms with Crippen LogP contribution in [0.15, 0.2) is 78.9 Å². The van der Waals surface area contributed by atoms with Crippen molar-refractivity contribution in [3.8, 4) is 11.5 Å². The fourth-order valence-corrected chi connectivity index (χ4v) is 3.37. The van der Waals surface area contributed by atoms with Crippen molar-refractivity contribution in [3.05, 3.63) is 95.6 Å². The first-order chi connectivity index (χ1) is 16.6. The van der Waals surface area contributed by atoms with Crippen molar-refractivity contribution >= 4 is 11.8 Å². The van der Waals surface area contributed by atoms with Gasteiger partial charge in [-0.1, -0.05) is 80.1 Å². The minimum Gasteiger partial charge on any atom is -0.504 e. The van der Waals surface area contributed by atoms with Crippen LogP contribution in [0.25, 0.3) is 0 Å². The highest BCUT2D eigenvalue weighted by Crippen LogP contribution is 2.27. The second-order valence-electron chi connectivity index (χ2n) is 8.02. The lowest BCUT2D eigenvalue weighted by Crippen LogP contribution is -2.42. The Morgan fingerprint density at radius 2 is 1.65 bits per heavy atom. The third-order valence-electron chi connectivity index (χ3n) is 5.33. The van der Waals surface area contributed by atoms with E-state index in [4.69, 9.17) is 9.47 Å². The summed E-state index contributed by atoms with van der Waals surface area (Å²) in [5.41, 5.74) is 2.24. The van der Waals surface area contributed by atoms with Crippen molar-refractivity contribution in [1.82, 2.24) is 5.32 Å². The van der Waals surface area contributed by atoms with E-state index in [1.54, 1.807) is 42.5 Å². The van der Waals surface area contributed by atoms with Gasteiger partial charge in [0.05, 0.1) is 13.2 Å². The number of hydrogen-bond acceptors (Lipinski definition) is 6. The number of aromatic hydroxyl groups is 1. The Kier molecular flexibility index (Phi) is 9.67. The van der Waals surface area contributed by atoms with Crippen LogP contribution in [0.5, 0.6) is 11.5 Å². The lowest BCUT2D eigenvalue weighted by molar-refractivity contribution is -0.147. The monoisotopic (exact) mass is 461 g/mol. The van der Waals surface area contributed by atoms with Gasteiger partial charge < -0.3 is 14.6 Å². The molecule has 3 rings (SSSR count). The zero-order chi connectivity index (χ0) is 24.2. The normalized spacial score (nSPS) is 11.6. The standard InChI is InChI=1S/C28H31NO5/c1-2-3-16-33-27-18-22(14-15-25(27)30)17-24(28(32)34-20-21-10-6-4-7-11-21)29-19-26(31)23-12-8-5-9-13-23/h4-15,18,24,29-30H,2-3,16-17,19-20H2,1H3/t24-/m0/s1. The van der Waals surface area contributed by atoms with Gasteiger partial charge in [0, 0.05) is 5.56 Å². The molecule has 0 spiro atoms. The molecule has 178 valence electrons. The van der Waals surface area contributed by atoms with Gasteiger partial charge in [0.25, 0.3) is 0 Å². The lowest BCUT2D eigenvalue weighted by atomic mass is 10.0. The first-order valence-corrected chi connectivity index (χ1v) is 11.5. The van der Waals surface area contributed by atoms with E-state index in [9.17, 15) is 14.7 Å². The molecule has 6 heteroatoms. The molecule has 0 aliphatic heterocycles. The van der Waals surface area contributed by atoms with Crippen LogP contribution < -0.4 is 10.1 Å². The van der Waals surface area contributed by atoms with Crippen LogP contribution in [0, 0.1) is 0 Å². The summed E-state index contributed by atoms with van der Waals surface area (Å²) in [7, 11) is 0. The fourth-order valence-electron chi connectivity index (χ4n) is 3.37. The Labute approximate surface area is 200 Å². The fraction of sp³-hybridized carbons (Fsp3) is 0.286. The van der Waals surface area contributed by atoms with Crippen molar-refractivity contribution < 1.29 is 24.2 Å². The molecule has 3 aromatic carbocycles. The van der Waals surface area contributed by atoms with Crippen molar-refractivity contribution in [3.63, 3.8) is 0 Å². The number of nitrogens with one attached hydrogen (secondary N) is 1. The minimum atomic E-state index is -0.746. The third kappa shape index (κ3) is 7.74. The lowest BCUT2D eigenvalue weighted by Gasteiger charge is -2.18. The Morgan fingerprint density at radius 1 is 0.941 bits per heavy atom. The summed E-state index contributed by atoms with van der Waals surface area (Å²) in [5.74, 6) is -0.139. The Morgan fingerprint density at radius 3 is 2.35 bits per heavy atom. The van der Waals surface area contributed by atoms with Gasteiger partial charge in [0.15, 0.2) is 17.3 Å². The molecule has 0 bridgehead atoms. The predicted octanol–water partition coefficient (Wildman–Crippen LogP) is 4.70. The number of phenolic OH excluding ortho intramolecular Hbond substituents is 1. The average molecular weight is 462 g/mol. The molecule has 0 saturated heterocycles. The number of hydrogen-bond donors (Lipinski definition) is 2. The van der Waals surface area contributed by atoms with E-state index in [1.165, 1.54) is 0 Å². The molecule has 0 heterocycles. The van der Waals surface area contributed by atoms with Gasteiger partial charge in [-0.2, -0.15) is 0 Å². The zero-order valence-electron chi connectivity index (χ0n) is 19.4. The predicted molar refractivity (Wildman–Crippen MR) is 131 cm³/mol. The van der Waals surface area contributed by atoms with E-state index in [-0.39, 0.29) is 31.1 Å². The van der Waals surface area contributed by atoms with Crippen molar-refractivity contribution in [2.75, 3.05) is 13.2 Å². The molecular formula is C28H31NO5. The van der Waals surface area contributed by atoms with Crippen LogP contribution in [-0.2, 0) is 22.6 Å². The summed E-state index contributed by atoms with van der Waals surface area (Å²) < 4.78 is 11.2. The highest BCUT2D eigenvalue weighted by Gasteiger charge is 2.22. The first-order valence-electron chi connectivity index (χ1n) is 11.5. The molecule has 1 atom stereocenters. The second-order valence-corrected chi connectivity index (χ2v) is 8.02. The minimum absolute atomic E-state index is 0.00689. The second kappa shape index (κ2) is 13.2. The molecule has 0 aliphatic carbocycles. The Hall–Kier alpha value is -3.64. The van der Waals surface area contributed by atoms with E-state index >= 15 is 0 Å². The third-order valence-corrected chi connectivity index (χ3v) is 5.33. The first kappa shape index (κ1) is 25.0. The number of esters is 1. The molecular weight excluding hydrogens is 430 g/mol. The smallest absolute Gasteiger partial charge is 0.323 e. The highest BCUT2D eigenvalue weighted by atomic mass is 16.5. The molecule has 3 aromatic rings. The molecule has 0 unspecified atom stereocenters. The van der Waals surface area contributed by atoms with E-state index in [0.717, 1.165) is 24.0 Å². The summed E-state index contributed by atoms with van der Waals surface area (Å²) in [5, 5.41) is 13.2. The number of benzene rings is 3. The molecule has 0 aromatic heterocycles. The van der Waals surface area contributed by atoms with Gasteiger partial charge in [-0.15, -0.1) is 0 Å². The molecule has 2 N–H and O–H groups in total. The van der Waals surface area contributed by atoms with Gasteiger partial charge in [0.1, 0.15) is 12.6 Å². The molecule has 0 fully saturated rings. The molecule has 0 aliphatic rings. The molecule has 34 heavy (non-hydrogen) atoms. The number of phenols is 1. The van der Waals surface area contributed by atoms with Crippen LogP contribution in [-0.4, -0.2) is 36.1 Å². The quantitative estimate of drug-likeness (QED) is 0.218. The summed E-state index contributed by atoms with van der Waals surface area (Å²) in [6.45, 7) is 2.70. The summed E-state index contributed by atoms with van der Waals surface area (Å²) in [4.78, 5) is 25.5. The van der Waals surface area contributed by atoms with Crippen LogP contribution in [0.2, 0.25) is 0 Å². The van der Waals surface area contributed by atoms with Crippen LogP contribution in [0.1, 0.15) is 41.3 Å². The Balaban J connectivity index is 1.70. The number of ketones is 1. The number of Topliss-reactive ketones (excluding diaryl/α,β-unsaturated/α-hetero) is 1. The van der Waals surface area contributed by atoms with Gasteiger partial charge in [-0.3, -0.25) is 14.9 Å². The molecule has 0 radical (unpaired) electrons. The Bertz CT molecular complexity index is 1050. The molecule has 0 amide bonds. The van der Waals surface area contributed by atoms with Crippen LogP contribution in [0.4, 0.5) is 0 Å². The van der Waals surface area contributed by atoms with Gasteiger partial charge >= 0.3 is 5.97 Å². The highest BCUT2D eigenvalue weighted by molar-refractivity contribution is 5.97. The van der Waals surface area contributed by atoms with Crippen LogP contribution >= 0.6 is 0 Å². The maximum Gasteiger partial charge on any atom is 0.323 e. The summed E-state index contributed by atoms with van der Waals surface area (Å²) in [6.07, 6.45) is 2.14. The van der Waals surface area contributed by atoms with Crippen molar-refractivity contribution in [2.24, 2.45) is 0 Å². The van der Waals surface area contributed by atoms with E-state index in [0.29, 0.717) is 17.9 Å². The van der Waals surface area contributed by atoms with Gasteiger partial charge in [-0.05, 0) is 36.1 Å². The number of ether oxygens (including phenoxy) is 2. The maximum absolute atomic E-state index is 13.0. The average Bonchev–Trinajstić information content (AvgIpc) is 2.87. The van der Waals surface area contributed by atoms with E-state index in [1.807, 2.05) is 36.4 Å². The number of carbonyl (C=O) groups is 2. The topological polar surface area (TPSA) is 84.9 Å². The molecule has 0 saturated carbocycles. The zero-order valence-corrected chi connectivity index (χ0v) is 19.4. The summed E-state index contributed by atoms with van der Waals surface area (Å²) in [6, 6.07) is 22.6. The van der Waals surface area contributed by atoms with Gasteiger partial charge in [-0.25, -0.2) is 0 Å². The SMILES string of the molecule is CCCCOc1cc(C[C@H](NCC(=O)c2ccccc2)C(=O)OCc2ccccc2)ccc1O. The largest absolute Gasteiger partial charge is 0.504 e. The van der Waals surface area contributed by atoms with Gasteiger partial charge in [0.2, 0.25) is 0 Å². The van der Waals surface area contributed by atoms with Crippen LogP contribution in [0.3, 0.4) is 0 Å². The van der Waals surface area contributed by atoms with Crippen molar-refractivity contribution in [1.29, 1.82) is 0 Å². The maximum atomic E-state index is 13.0. The van der Waals surface area contributed by atoms with E-state index < -0.39 is 12.0 Å². The number of rotatable bonds is 13. The van der Waals surface area contributed by atoms with E-state index in [2.05, 4.69) is 12.2 Å².